The predicted molar refractivity (Wildman–Crippen MR) is 127 cm³/mol. The lowest BCUT2D eigenvalue weighted by atomic mass is 10.2. The molecule has 7 nitrogen and oxygen atoms in total. The molecule has 2 aromatic carbocycles. The van der Waals surface area contributed by atoms with E-state index in [2.05, 4.69) is 22.1 Å². The normalized spacial score (nSPS) is 11.8. The third kappa shape index (κ3) is 5.83. The van der Waals surface area contributed by atoms with Gasteiger partial charge >= 0.3 is 0 Å². The number of hydrogen-bond donors (Lipinski definition) is 2. The molecule has 10 heteroatoms. The van der Waals surface area contributed by atoms with Gasteiger partial charge in [0, 0.05) is 17.9 Å². The van der Waals surface area contributed by atoms with E-state index in [1.165, 1.54) is 11.8 Å². The van der Waals surface area contributed by atoms with E-state index in [4.69, 9.17) is 27.9 Å². The van der Waals surface area contributed by atoms with Crippen LogP contribution in [0.15, 0.2) is 60.3 Å². The molecule has 0 aliphatic carbocycles. The van der Waals surface area contributed by atoms with Gasteiger partial charge in [-0.3, -0.25) is 4.79 Å². The molecule has 1 aromatic heterocycles. The SMILES string of the molecule is C=CCn1c(SCc2ccc(Cl)c(Cl)c2)nnc1[C@H](CO)NC(=O)c1ccc(OC)cc1. The Morgan fingerprint density at radius 1 is 1.25 bits per heavy atom. The minimum atomic E-state index is -0.739. The van der Waals surface area contributed by atoms with Crippen LogP contribution in [0, 0.1) is 0 Å². The van der Waals surface area contributed by atoms with E-state index in [0.717, 1.165) is 5.56 Å². The molecule has 0 aliphatic heterocycles. The van der Waals surface area contributed by atoms with Gasteiger partial charge in [-0.05, 0) is 42.0 Å². The van der Waals surface area contributed by atoms with E-state index in [9.17, 15) is 9.90 Å². The maximum absolute atomic E-state index is 12.7. The van der Waals surface area contributed by atoms with E-state index in [-0.39, 0.29) is 12.5 Å². The quantitative estimate of drug-likeness (QED) is 0.319. The highest BCUT2D eigenvalue weighted by atomic mass is 35.5. The molecule has 3 rings (SSSR count). The zero-order valence-electron chi connectivity index (χ0n) is 17.3. The standard InChI is InChI=1S/C22H22Cl2N4O3S/c1-3-10-28-20(19(12-29)25-21(30)15-5-7-16(31-2)8-6-15)26-27-22(28)32-13-14-4-9-17(23)18(24)11-14/h3-9,11,19,29H,1,10,12-13H2,2H3,(H,25,30)/t19-/m0/s1. The average molecular weight is 493 g/mol. The third-order valence-corrected chi connectivity index (χ3v) is 6.34. The number of amides is 1. The highest BCUT2D eigenvalue weighted by Gasteiger charge is 2.23. The van der Waals surface area contributed by atoms with Gasteiger partial charge in [-0.2, -0.15) is 0 Å². The van der Waals surface area contributed by atoms with Crippen LogP contribution in [0.25, 0.3) is 0 Å². The lowest BCUT2D eigenvalue weighted by Gasteiger charge is -2.17. The molecule has 2 N–H and O–H groups in total. The van der Waals surface area contributed by atoms with Gasteiger partial charge in [0.15, 0.2) is 11.0 Å². The first kappa shape index (κ1) is 24.1. The van der Waals surface area contributed by atoms with Gasteiger partial charge in [0.05, 0.1) is 23.8 Å². The first-order valence-electron chi connectivity index (χ1n) is 9.63. The van der Waals surface area contributed by atoms with Gasteiger partial charge in [-0.15, -0.1) is 16.8 Å². The second-order valence-electron chi connectivity index (χ2n) is 6.71. The number of halogens is 2. The second-order valence-corrected chi connectivity index (χ2v) is 8.47. The number of nitrogens with one attached hydrogen (secondary N) is 1. The number of thioether (sulfide) groups is 1. The number of nitrogens with zero attached hydrogens (tertiary/aromatic N) is 3. The van der Waals surface area contributed by atoms with E-state index in [1.54, 1.807) is 49.6 Å². The van der Waals surface area contributed by atoms with Crippen molar-refractivity contribution in [2.75, 3.05) is 13.7 Å². The van der Waals surface area contributed by atoms with Crippen molar-refractivity contribution in [1.29, 1.82) is 0 Å². The Kier molecular flexibility index (Phi) is 8.58. The van der Waals surface area contributed by atoms with Gasteiger partial charge in [-0.1, -0.05) is 47.1 Å². The van der Waals surface area contributed by atoms with Crippen molar-refractivity contribution in [3.05, 3.63) is 82.1 Å². The molecular weight excluding hydrogens is 471 g/mol. The Morgan fingerprint density at radius 3 is 2.62 bits per heavy atom. The highest BCUT2D eigenvalue weighted by Crippen LogP contribution is 2.28. The van der Waals surface area contributed by atoms with Crippen LogP contribution in [-0.4, -0.2) is 39.5 Å². The van der Waals surface area contributed by atoms with Crippen LogP contribution < -0.4 is 10.1 Å². The van der Waals surface area contributed by atoms with Gasteiger partial charge in [0.25, 0.3) is 5.91 Å². The van der Waals surface area contributed by atoms with Crippen molar-refractivity contribution in [2.24, 2.45) is 0 Å². The van der Waals surface area contributed by atoms with Crippen molar-refractivity contribution in [3.63, 3.8) is 0 Å². The van der Waals surface area contributed by atoms with Crippen LogP contribution in [0.2, 0.25) is 10.0 Å². The van der Waals surface area contributed by atoms with E-state index in [0.29, 0.717) is 44.6 Å². The molecule has 0 bridgehead atoms. The van der Waals surface area contributed by atoms with Crippen molar-refractivity contribution in [1.82, 2.24) is 20.1 Å². The summed E-state index contributed by atoms with van der Waals surface area (Å²) in [7, 11) is 1.56. The molecule has 0 unspecified atom stereocenters. The number of aliphatic hydroxyl groups excluding tert-OH is 1. The number of rotatable bonds is 10. The third-order valence-electron chi connectivity index (χ3n) is 4.56. The zero-order valence-corrected chi connectivity index (χ0v) is 19.6. The smallest absolute Gasteiger partial charge is 0.251 e. The second kappa shape index (κ2) is 11.4. The molecule has 3 aromatic rings. The molecular formula is C22H22Cl2N4O3S. The maximum atomic E-state index is 12.7. The molecule has 168 valence electrons. The molecule has 0 spiro atoms. The van der Waals surface area contributed by atoms with Crippen LogP contribution in [0.4, 0.5) is 0 Å². The van der Waals surface area contributed by atoms with E-state index in [1.807, 2.05) is 10.6 Å². The van der Waals surface area contributed by atoms with Gasteiger partial charge in [0.1, 0.15) is 11.8 Å². The summed E-state index contributed by atoms with van der Waals surface area (Å²) in [6, 6.07) is 11.4. The highest BCUT2D eigenvalue weighted by molar-refractivity contribution is 7.98. The van der Waals surface area contributed by atoms with Crippen LogP contribution >= 0.6 is 35.0 Å². The lowest BCUT2D eigenvalue weighted by molar-refractivity contribution is 0.0911. The number of aliphatic hydroxyl groups is 1. The first-order valence-corrected chi connectivity index (χ1v) is 11.4. The van der Waals surface area contributed by atoms with Crippen LogP contribution in [-0.2, 0) is 12.3 Å². The van der Waals surface area contributed by atoms with Crippen LogP contribution in [0.1, 0.15) is 27.8 Å². The number of aromatic nitrogens is 3. The lowest BCUT2D eigenvalue weighted by Crippen LogP contribution is -2.33. The van der Waals surface area contributed by atoms with Crippen molar-refractivity contribution in [2.45, 2.75) is 23.5 Å². The summed E-state index contributed by atoms with van der Waals surface area (Å²) in [5, 5.41) is 22.8. The minimum Gasteiger partial charge on any atom is -0.497 e. The number of ether oxygens (including phenoxy) is 1. The monoisotopic (exact) mass is 492 g/mol. The summed E-state index contributed by atoms with van der Waals surface area (Å²) < 4.78 is 6.92. The molecule has 0 aliphatic rings. The molecule has 1 atom stereocenters. The average Bonchev–Trinajstić information content (AvgIpc) is 3.20. The summed E-state index contributed by atoms with van der Waals surface area (Å²) in [4.78, 5) is 12.7. The summed E-state index contributed by atoms with van der Waals surface area (Å²) in [6.45, 7) is 3.87. The fourth-order valence-corrected chi connectivity index (χ4v) is 4.14. The minimum absolute atomic E-state index is 0.339. The molecule has 1 amide bonds. The number of carbonyl (C=O) groups is 1. The predicted octanol–water partition coefficient (Wildman–Crippen LogP) is 4.54. The molecule has 0 radical (unpaired) electrons. The Hall–Kier alpha value is -2.52. The van der Waals surface area contributed by atoms with Gasteiger partial charge in [-0.25, -0.2) is 0 Å². The Balaban J connectivity index is 1.77. The summed E-state index contributed by atoms with van der Waals surface area (Å²) in [5.74, 6) is 1.33. The fraction of sp³-hybridized carbons (Fsp3) is 0.227. The van der Waals surface area contributed by atoms with Gasteiger partial charge < -0.3 is 19.7 Å². The van der Waals surface area contributed by atoms with Crippen molar-refractivity contribution in [3.8, 4) is 5.75 Å². The number of hydrogen-bond acceptors (Lipinski definition) is 6. The number of allylic oxidation sites excluding steroid dienone is 1. The molecule has 0 saturated heterocycles. The van der Waals surface area contributed by atoms with Crippen LogP contribution in [0.5, 0.6) is 5.75 Å². The Bertz CT molecular complexity index is 1090. The molecule has 0 saturated carbocycles. The number of carbonyl (C=O) groups excluding carboxylic acids is 1. The Morgan fingerprint density at radius 2 is 2.00 bits per heavy atom. The number of methoxy groups -OCH3 is 1. The summed E-state index contributed by atoms with van der Waals surface area (Å²) >= 11 is 13.5. The molecule has 0 fully saturated rings. The van der Waals surface area contributed by atoms with Gasteiger partial charge in [0.2, 0.25) is 0 Å². The van der Waals surface area contributed by atoms with Crippen molar-refractivity contribution >= 4 is 40.9 Å². The number of benzene rings is 2. The van der Waals surface area contributed by atoms with E-state index >= 15 is 0 Å². The van der Waals surface area contributed by atoms with E-state index < -0.39 is 6.04 Å². The van der Waals surface area contributed by atoms with Crippen molar-refractivity contribution < 1.29 is 14.6 Å². The largest absolute Gasteiger partial charge is 0.497 e. The first-order chi connectivity index (χ1) is 15.5. The topological polar surface area (TPSA) is 89.3 Å². The molecule has 1 heterocycles. The summed E-state index contributed by atoms with van der Waals surface area (Å²) in [6.07, 6.45) is 1.70. The maximum Gasteiger partial charge on any atom is 0.251 e. The Labute approximate surface area is 200 Å². The zero-order chi connectivity index (χ0) is 23.1. The summed E-state index contributed by atoms with van der Waals surface area (Å²) in [5.41, 5.74) is 1.42. The fourth-order valence-electron chi connectivity index (χ4n) is 2.92. The van der Waals surface area contributed by atoms with Crippen LogP contribution in [0.3, 0.4) is 0 Å². The molecule has 32 heavy (non-hydrogen) atoms.